The smallest absolute Gasteiger partial charge is 0.335 e. The van der Waals surface area contributed by atoms with Crippen molar-refractivity contribution in [1.82, 2.24) is 0 Å². The van der Waals surface area contributed by atoms with Crippen LogP contribution in [0.2, 0.25) is 0 Å². The van der Waals surface area contributed by atoms with Crippen LogP contribution in [0.25, 0.3) is 0 Å². The van der Waals surface area contributed by atoms with E-state index in [2.05, 4.69) is 0 Å². The van der Waals surface area contributed by atoms with E-state index in [-0.39, 0.29) is 35.0 Å². The van der Waals surface area contributed by atoms with E-state index in [4.69, 9.17) is 35.7 Å². The van der Waals surface area contributed by atoms with Crippen LogP contribution in [0.15, 0.2) is 0 Å². The molecule has 0 aromatic heterocycles. The van der Waals surface area contributed by atoms with Gasteiger partial charge in [0.1, 0.15) is 24.4 Å². The van der Waals surface area contributed by atoms with Crippen LogP contribution in [0.4, 0.5) is 0 Å². The van der Waals surface area contributed by atoms with Crippen LogP contribution in [-0.4, -0.2) is 114 Å². The Morgan fingerprint density at radius 1 is 0.941 bits per heavy atom. The number of hydrogen-bond donors (Lipinski definition) is 7. The minimum Gasteiger partial charge on any atom is -0.479 e. The summed E-state index contributed by atoms with van der Waals surface area (Å²) >= 11 is 0. The maximum absolute atomic E-state index is 10.2. The zero-order valence-electron chi connectivity index (χ0n) is 9.13. The van der Waals surface area contributed by atoms with E-state index < -0.39 is 43.1 Å². The Kier molecular flexibility index (Phi) is 13.4. The van der Waals surface area contributed by atoms with Crippen molar-refractivity contribution in [1.29, 1.82) is 0 Å². The van der Waals surface area contributed by atoms with Crippen molar-refractivity contribution in [2.24, 2.45) is 0 Å². The van der Waals surface area contributed by atoms with Crippen LogP contribution in [0.3, 0.4) is 0 Å². The number of carbonyl (C=O) groups is 1. The molecule has 0 heterocycles. The number of rotatable bonds is 6. The predicted molar refractivity (Wildman–Crippen MR) is 54.1 cm³/mol. The first-order valence-electron chi connectivity index (χ1n) is 4.07. The molecular formula is C7H16NaO9. The molecular weight excluding hydrogens is 251 g/mol. The van der Waals surface area contributed by atoms with Gasteiger partial charge in [-0.25, -0.2) is 4.79 Å². The van der Waals surface area contributed by atoms with Gasteiger partial charge in [-0.05, 0) is 0 Å². The fourth-order valence-corrected chi connectivity index (χ4v) is 0.870. The molecule has 0 spiro atoms. The molecule has 10 heteroatoms. The van der Waals surface area contributed by atoms with Gasteiger partial charge in [-0.3, -0.25) is 0 Å². The summed E-state index contributed by atoms with van der Waals surface area (Å²) in [6.45, 7) is -0.881. The van der Waals surface area contributed by atoms with Gasteiger partial charge in [-0.1, -0.05) is 0 Å². The molecule has 9 N–H and O–H groups in total. The van der Waals surface area contributed by atoms with Gasteiger partial charge in [0.2, 0.25) is 0 Å². The van der Waals surface area contributed by atoms with E-state index in [1.54, 1.807) is 0 Å². The van der Waals surface area contributed by atoms with Crippen LogP contribution in [0, 0.1) is 0 Å². The van der Waals surface area contributed by atoms with Gasteiger partial charge in [-0.2, -0.15) is 0 Å². The summed E-state index contributed by atoms with van der Waals surface area (Å²) in [4.78, 5) is 10.2. The molecule has 0 rings (SSSR count). The zero-order chi connectivity index (χ0) is 12.2. The second-order valence-electron chi connectivity index (χ2n) is 3.00. The number of carboxylic acid groups (broad SMARTS) is 1. The first-order chi connectivity index (χ1) is 6.82. The molecule has 0 saturated heterocycles. The molecule has 0 fully saturated rings. The minimum atomic E-state index is -2.29. The molecule has 17 heavy (non-hydrogen) atoms. The molecule has 0 aliphatic carbocycles. The standard InChI is InChI=1S/C7H14O8.Na.H2O/c8-1-2(9)3(10)4(11)5(12)6(13)7(14)15;;/h2-6,8-13H,1H2,(H,14,15);;1H2. The molecule has 0 aromatic carbocycles. The van der Waals surface area contributed by atoms with Crippen LogP contribution >= 0.6 is 0 Å². The maximum atomic E-state index is 10.2. The number of aliphatic hydroxyl groups excluding tert-OH is 6. The largest absolute Gasteiger partial charge is 0.479 e. The summed E-state index contributed by atoms with van der Waals surface area (Å²) in [5.41, 5.74) is 0. The summed E-state index contributed by atoms with van der Waals surface area (Å²) in [7, 11) is 0. The van der Waals surface area contributed by atoms with Crippen molar-refractivity contribution in [2.75, 3.05) is 6.61 Å². The van der Waals surface area contributed by atoms with Crippen molar-refractivity contribution in [2.45, 2.75) is 30.5 Å². The quantitative estimate of drug-likeness (QED) is 0.232. The SMILES string of the molecule is O.O=C(O)C(O)C(O)C(O)C(O)C(O)CO.[Na]. The Labute approximate surface area is 119 Å². The first-order valence-corrected chi connectivity index (χ1v) is 4.07. The fraction of sp³-hybridized carbons (Fsp3) is 0.857. The van der Waals surface area contributed by atoms with Gasteiger partial charge in [-0.15, -0.1) is 0 Å². The Balaban J connectivity index is -0.000000980. The Hall–Kier alpha value is 0.190. The molecule has 5 unspecified atom stereocenters. The number of aliphatic hydroxyl groups is 6. The van der Waals surface area contributed by atoms with Gasteiger partial charge < -0.3 is 41.2 Å². The van der Waals surface area contributed by atoms with Gasteiger partial charge in [0.05, 0.1) is 6.61 Å². The molecule has 99 valence electrons. The van der Waals surface area contributed by atoms with E-state index in [1.807, 2.05) is 0 Å². The van der Waals surface area contributed by atoms with E-state index >= 15 is 0 Å². The summed E-state index contributed by atoms with van der Waals surface area (Å²) < 4.78 is 0. The van der Waals surface area contributed by atoms with Crippen molar-refractivity contribution in [3.63, 3.8) is 0 Å². The van der Waals surface area contributed by atoms with Crippen molar-refractivity contribution in [3.05, 3.63) is 0 Å². The number of hydrogen-bond acceptors (Lipinski definition) is 7. The number of aliphatic carboxylic acids is 1. The average molecular weight is 267 g/mol. The van der Waals surface area contributed by atoms with E-state index in [0.717, 1.165) is 0 Å². The Morgan fingerprint density at radius 2 is 1.35 bits per heavy atom. The topological polar surface area (TPSA) is 190 Å². The average Bonchev–Trinajstić information content (AvgIpc) is 2.23. The minimum absolute atomic E-state index is 0. The maximum Gasteiger partial charge on any atom is 0.335 e. The Morgan fingerprint density at radius 3 is 1.65 bits per heavy atom. The third kappa shape index (κ3) is 6.62. The van der Waals surface area contributed by atoms with Crippen LogP contribution in [0.5, 0.6) is 0 Å². The predicted octanol–water partition coefficient (Wildman–Crippen LogP) is -5.34. The summed E-state index contributed by atoms with van der Waals surface area (Å²) in [5, 5.41) is 61.5. The molecule has 0 amide bonds. The van der Waals surface area contributed by atoms with Crippen molar-refractivity contribution < 1.29 is 46.0 Å². The summed E-state index contributed by atoms with van der Waals surface area (Å²) in [5.74, 6) is -1.78. The molecule has 0 aliphatic heterocycles. The van der Waals surface area contributed by atoms with Crippen molar-refractivity contribution >= 4 is 35.5 Å². The van der Waals surface area contributed by atoms with Crippen LogP contribution in [-0.2, 0) is 4.79 Å². The van der Waals surface area contributed by atoms with Gasteiger partial charge in [0.25, 0.3) is 0 Å². The van der Waals surface area contributed by atoms with Gasteiger partial charge in [0.15, 0.2) is 6.10 Å². The molecule has 9 nitrogen and oxygen atoms in total. The molecule has 0 aromatic rings. The summed E-state index contributed by atoms with van der Waals surface area (Å²) in [6.07, 6.45) is -10.2. The van der Waals surface area contributed by atoms with E-state index in [0.29, 0.717) is 0 Å². The normalized spacial score (nSPS) is 18.9. The fourth-order valence-electron chi connectivity index (χ4n) is 0.870. The van der Waals surface area contributed by atoms with Crippen LogP contribution in [0.1, 0.15) is 0 Å². The second-order valence-corrected chi connectivity index (χ2v) is 3.00. The van der Waals surface area contributed by atoms with Crippen LogP contribution < -0.4 is 0 Å². The third-order valence-corrected chi connectivity index (χ3v) is 1.86. The van der Waals surface area contributed by atoms with Gasteiger partial charge in [0, 0.05) is 29.6 Å². The first kappa shape index (κ1) is 22.4. The Bertz CT molecular complexity index is 214. The molecule has 1 radical (unpaired) electrons. The van der Waals surface area contributed by atoms with Gasteiger partial charge >= 0.3 is 5.97 Å². The van der Waals surface area contributed by atoms with E-state index in [1.165, 1.54) is 0 Å². The molecule has 0 saturated carbocycles. The zero-order valence-corrected chi connectivity index (χ0v) is 11.1. The molecule has 5 atom stereocenters. The molecule has 0 aliphatic rings. The van der Waals surface area contributed by atoms with E-state index in [9.17, 15) is 4.79 Å². The van der Waals surface area contributed by atoms with Crippen molar-refractivity contribution in [3.8, 4) is 0 Å². The third-order valence-electron chi connectivity index (χ3n) is 1.86. The second kappa shape index (κ2) is 10.1. The molecule has 0 bridgehead atoms. The monoisotopic (exact) mass is 267 g/mol. The summed E-state index contributed by atoms with van der Waals surface area (Å²) in [6, 6.07) is 0. The number of carboxylic acids is 1.